The van der Waals surface area contributed by atoms with Crippen LogP contribution in [0.4, 0.5) is 4.39 Å². The average molecular weight is 401 g/mol. The van der Waals surface area contributed by atoms with Crippen LogP contribution in [-0.4, -0.2) is 27.1 Å². The number of hydrogen-bond donors (Lipinski definition) is 0. The lowest BCUT2D eigenvalue weighted by Crippen LogP contribution is -2.43. The Bertz CT molecular complexity index is 941. The lowest BCUT2D eigenvalue weighted by atomic mass is 10.1. The third-order valence-corrected chi connectivity index (χ3v) is 4.88. The predicted octanol–water partition coefficient (Wildman–Crippen LogP) is 2.91. The molecule has 9 heteroatoms. The van der Waals surface area contributed by atoms with Crippen molar-refractivity contribution in [2.75, 3.05) is 12.0 Å². The number of rotatable bonds is 6. The lowest BCUT2D eigenvalue weighted by molar-refractivity contribution is -0.144. The first kappa shape index (κ1) is 20.3. The van der Waals surface area contributed by atoms with Crippen molar-refractivity contribution in [3.05, 3.63) is 56.1 Å². The number of carbonyl (C=O) groups is 1. The van der Waals surface area contributed by atoms with E-state index in [9.17, 15) is 18.8 Å². The van der Waals surface area contributed by atoms with Crippen LogP contribution in [0.5, 0.6) is 0 Å². The maximum atomic E-state index is 13.8. The Morgan fingerprint density at radius 3 is 2.65 bits per heavy atom. The second-order valence-electron chi connectivity index (χ2n) is 5.64. The Balaban J connectivity index is 2.75. The fraction of sp³-hybridized carbons (Fsp3) is 0.353. The molecular weight excluding hydrogens is 383 g/mol. The Morgan fingerprint density at radius 2 is 2.04 bits per heavy atom. The topological polar surface area (TPSA) is 70.3 Å². The standard InChI is InChI=1S/C17H18ClFN2O4S/c1-10(8-26-3)21-16(23)13(12-5-4-6-14(19)15(12)18)7-20(17(21)24)9-25-11(2)22/h4-7,10H,8-9H2,1-3H3/t10-/m0/s1. The molecule has 0 fully saturated rings. The van der Waals surface area contributed by atoms with E-state index in [1.54, 1.807) is 6.92 Å². The molecule has 0 unspecified atom stereocenters. The van der Waals surface area contributed by atoms with Gasteiger partial charge in [-0.2, -0.15) is 11.8 Å². The molecule has 0 saturated carbocycles. The molecule has 140 valence electrons. The number of carbonyl (C=O) groups excluding carboxylic acids is 1. The van der Waals surface area contributed by atoms with Gasteiger partial charge in [0.05, 0.1) is 10.6 Å². The fourth-order valence-corrected chi connectivity index (χ4v) is 3.33. The molecule has 6 nitrogen and oxygen atoms in total. The Kier molecular flexibility index (Phi) is 6.66. The minimum Gasteiger partial charge on any atom is -0.444 e. The van der Waals surface area contributed by atoms with Crippen LogP contribution in [0.3, 0.4) is 0 Å². The highest BCUT2D eigenvalue weighted by Gasteiger charge is 2.20. The molecule has 0 N–H and O–H groups in total. The van der Waals surface area contributed by atoms with Crippen molar-refractivity contribution in [1.29, 1.82) is 0 Å². The Morgan fingerprint density at radius 1 is 1.35 bits per heavy atom. The monoisotopic (exact) mass is 400 g/mol. The van der Waals surface area contributed by atoms with E-state index in [2.05, 4.69) is 0 Å². The van der Waals surface area contributed by atoms with E-state index in [1.807, 2.05) is 6.26 Å². The number of thioether (sulfide) groups is 1. The first-order chi connectivity index (χ1) is 12.3. The van der Waals surface area contributed by atoms with Gasteiger partial charge in [-0.3, -0.25) is 18.7 Å². The SMILES string of the molecule is CSC[C@H](C)n1c(=O)c(-c2cccc(F)c2Cl)cn(COC(C)=O)c1=O. The average Bonchev–Trinajstić information content (AvgIpc) is 2.57. The summed E-state index contributed by atoms with van der Waals surface area (Å²) in [5, 5.41) is -0.216. The molecule has 0 saturated heterocycles. The molecule has 2 rings (SSSR count). The van der Waals surface area contributed by atoms with Gasteiger partial charge < -0.3 is 4.74 Å². The summed E-state index contributed by atoms with van der Waals surface area (Å²) in [5.41, 5.74) is -0.982. The summed E-state index contributed by atoms with van der Waals surface area (Å²) in [4.78, 5) is 36.7. The van der Waals surface area contributed by atoms with Crippen LogP contribution in [0, 0.1) is 5.82 Å². The van der Waals surface area contributed by atoms with Crippen LogP contribution >= 0.6 is 23.4 Å². The van der Waals surface area contributed by atoms with E-state index in [1.165, 1.54) is 43.1 Å². The molecule has 0 aliphatic carbocycles. The predicted molar refractivity (Wildman–Crippen MR) is 100 cm³/mol. The molecule has 1 aromatic carbocycles. The second kappa shape index (κ2) is 8.55. The number of esters is 1. The highest BCUT2D eigenvalue weighted by molar-refractivity contribution is 7.98. The zero-order valence-corrected chi connectivity index (χ0v) is 16.1. The van der Waals surface area contributed by atoms with E-state index >= 15 is 0 Å². The lowest BCUT2D eigenvalue weighted by Gasteiger charge is -2.18. The van der Waals surface area contributed by atoms with Gasteiger partial charge in [0.25, 0.3) is 5.56 Å². The van der Waals surface area contributed by atoms with E-state index in [0.29, 0.717) is 5.75 Å². The molecule has 0 spiro atoms. The maximum Gasteiger partial charge on any atom is 0.334 e. The van der Waals surface area contributed by atoms with Gasteiger partial charge >= 0.3 is 11.7 Å². The molecule has 26 heavy (non-hydrogen) atoms. The zero-order chi connectivity index (χ0) is 19.4. The number of ether oxygens (including phenoxy) is 1. The van der Waals surface area contributed by atoms with Gasteiger partial charge in [-0.25, -0.2) is 9.18 Å². The van der Waals surface area contributed by atoms with Gasteiger partial charge in [-0.05, 0) is 19.2 Å². The fourth-order valence-electron chi connectivity index (χ4n) is 2.48. The van der Waals surface area contributed by atoms with Gasteiger partial charge in [0, 0.05) is 30.5 Å². The van der Waals surface area contributed by atoms with Crippen molar-refractivity contribution < 1.29 is 13.9 Å². The summed E-state index contributed by atoms with van der Waals surface area (Å²) >= 11 is 7.49. The van der Waals surface area contributed by atoms with E-state index in [-0.39, 0.29) is 22.9 Å². The van der Waals surface area contributed by atoms with Crippen molar-refractivity contribution >= 4 is 29.3 Å². The minimum atomic E-state index is -0.676. The minimum absolute atomic E-state index is 0.0502. The van der Waals surface area contributed by atoms with Crippen LogP contribution in [0.1, 0.15) is 19.9 Å². The molecule has 0 bridgehead atoms. The van der Waals surface area contributed by atoms with Crippen molar-refractivity contribution in [2.24, 2.45) is 0 Å². The summed E-state index contributed by atoms with van der Waals surface area (Å²) in [5.74, 6) is -0.731. The molecule has 0 radical (unpaired) electrons. The van der Waals surface area contributed by atoms with Crippen molar-refractivity contribution in [2.45, 2.75) is 26.6 Å². The van der Waals surface area contributed by atoms with Gasteiger partial charge in [0.1, 0.15) is 5.82 Å². The smallest absolute Gasteiger partial charge is 0.334 e. The van der Waals surface area contributed by atoms with E-state index in [0.717, 1.165) is 9.13 Å². The Hall–Kier alpha value is -2.06. The molecule has 0 aliphatic heterocycles. The zero-order valence-electron chi connectivity index (χ0n) is 14.5. The molecular formula is C17H18ClFN2O4S. The van der Waals surface area contributed by atoms with Crippen LogP contribution in [0.15, 0.2) is 34.0 Å². The third kappa shape index (κ3) is 4.19. The molecule has 1 aromatic heterocycles. The van der Waals surface area contributed by atoms with Gasteiger partial charge in [0.15, 0.2) is 6.73 Å². The van der Waals surface area contributed by atoms with Gasteiger partial charge in [-0.15, -0.1) is 0 Å². The van der Waals surface area contributed by atoms with Crippen molar-refractivity contribution in [3.63, 3.8) is 0 Å². The summed E-state index contributed by atoms with van der Waals surface area (Å²) in [6, 6.07) is 3.68. The largest absolute Gasteiger partial charge is 0.444 e. The molecule has 0 amide bonds. The summed E-state index contributed by atoms with van der Waals surface area (Å²) in [6.45, 7) is 2.58. The summed E-state index contributed by atoms with van der Waals surface area (Å²) in [6.07, 6.45) is 3.09. The normalized spacial score (nSPS) is 12.0. The quantitative estimate of drug-likeness (QED) is 0.697. The van der Waals surface area contributed by atoms with E-state index in [4.69, 9.17) is 16.3 Å². The van der Waals surface area contributed by atoms with Crippen molar-refractivity contribution in [3.8, 4) is 11.1 Å². The van der Waals surface area contributed by atoms with Crippen LogP contribution in [0.25, 0.3) is 11.1 Å². The Labute approximate surface area is 158 Å². The number of hydrogen-bond acceptors (Lipinski definition) is 5. The number of nitrogens with zero attached hydrogens (tertiary/aromatic N) is 2. The number of benzene rings is 1. The second-order valence-corrected chi connectivity index (χ2v) is 6.93. The highest BCUT2D eigenvalue weighted by Crippen LogP contribution is 2.27. The summed E-state index contributed by atoms with van der Waals surface area (Å²) < 4.78 is 20.9. The molecule has 2 aromatic rings. The first-order valence-electron chi connectivity index (χ1n) is 7.70. The molecule has 1 atom stereocenters. The third-order valence-electron chi connectivity index (χ3n) is 3.68. The van der Waals surface area contributed by atoms with Gasteiger partial charge in [-0.1, -0.05) is 23.7 Å². The van der Waals surface area contributed by atoms with Crippen LogP contribution in [-0.2, 0) is 16.3 Å². The van der Waals surface area contributed by atoms with Crippen LogP contribution < -0.4 is 11.2 Å². The number of aromatic nitrogens is 2. The van der Waals surface area contributed by atoms with Crippen LogP contribution in [0.2, 0.25) is 5.02 Å². The molecule has 0 aliphatic rings. The van der Waals surface area contributed by atoms with Crippen molar-refractivity contribution in [1.82, 2.24) is 9.13 Å². The van der Waals surface area contributed by atoms with E-state index < -0.39 is 29.1 Å². The molecule has 1 heterocycles. The summed E-state index contributed by atoms with van der Waals surface area (Å²) in [7, 11) is 0. The van der Waals surface area contributed by atoms with Gasteiger partial charge in [0.2, 0.25) is 0 Å². The maximum absolute atomic E-state index is 13.8. The highest BCUT2D eigenvalue weighted by atomic mass is 35.5. The number of halogens is 2. The first-order valence-corrected chi connectivity index (χ1v) is 9.47.